The maximum Gasteiger partial charge on any atom is 0.334 e. The van der Waals surface area contributed by atoms with E-state index in [9.17, 15) is 4.79 Å². The first-order valence-corrected chi connectivity index (χ1v) is 3.97. The molecule has 12 heavy (non-hydrogen) atoms. The van der Waals surface area contributed by atoms with Gasteiger partial charge < -0.3 is 9.47 Å². The number of esters is 1. The van der Waals surface area contributed by atoms with Crippen molar-refractivity contribution in [3.63, 3.8) is 0 Å². The van der Waals surface area contributed by atoms with E-state index in [-0.39, 0.29) is 5.97 Å². The minimum absolute atomic E-state index is 0.379. The zero-order valence-corrected chi connectivity index (χ0v) is 8.09. The zero-order valence-electron chi connectivity index (χ0n) is 8.09. The summed E-state index contributed by atoms with van der Waals surface area (Å²) >= 11 is 0. The molecule has 0 spiro atoms. The summed E-state index contributed by atoms with van der Waals surface area (Å²) in [6.07, 6.45) is 2.61. The van der Waals surface area contributed by atoms with Crippen molar-refractivity contribution < 1.29 is 14.3 Å². The smallest absolute Gasteiger partial charge is 0.334 e. The summed E-state index contributed by atoms with van der Waals surface area (Å²) in [4.78, 5) is 10.9. The van der Waals surface area contributed by atoms with Gasteiger partial charge in [-0.05, 0) is 27.7 Å². The molecule has 0 aromatic carbocycles. The molecule has 0 bridgehead atoms. The standard InChI is InChI=1S/C9H16O3/c1-5-11-7-6-8(10)12-9(2,3)4/h6-7H,5H2,1-4H3. The monoisotopic (exact) mass is 172 g/mol. The molecule has 0 radical (unpaired) electrons. The fourth-order valence-corrected chi connectivity index (χ4v) is 0.536. The Kier molecular flexibility index (Phi) is 4.40. The molecule has 0 aromatic heterocycles. The SMILES string of the molecule is CCOC=CC(=O)OC(C)(C)C. The van der Waals surface area contributed by atoms with Crippen LogP contribution >= 0.6 is 0 Å². The largest absolute Gasteiger partial charge is 0.501 e. The van der Waals surface area contributed by atoms with Crippen LogP contribution in [0.3, 0.4) is 0 Å². The highest BCUT2D eigenvalue weighted by molar-refractivity contribution is 5.81. The van der Waals surface area contributed by atoms with Crippen LogP contribution in [0.4, 0.5) is 0 Å². The summed E-state index contributed by atoms with van der Waals surface area (Å²) in [6.45, 7) is 7.86. The summed E-state index contributed by atoms with van der Waals surface area (Å²) in [6, 6.07) is 0. The molecule has 0 atom stereocenters. The van der Waals surface area contributed by atoms with Crippen molar-refractivity contribution in [1.82, 2.24) is 0 Å². The highest BCUT2D eigenvalue weighted by Crippen LogP contribution is 2.06. The van der Waals surface area contributed by atoms with Gasteiger partial charge in [-0.1, -0.05) is 0 Å². The van der Waals surface area contributed by atoms with Gasteiger partial charge in [0.1, 0.15) is 5.60 Å². The Bertz CT molecular complexity index is 165. The molecule has 0 heterocycles. The third-order valence-electron chi connectivity index (χ3n) is 0.874. The van der Waals surface area contributed by atoms with E-state index in [2.05, 4.69) is 0 Å². The molecule has 0 saturated heterocycles. The highest BCUT2D eigenvalue weighted by atomic mass is 16.6. The topological polar surface area (TPSA) is 35.5 Å². The molecule has 0 aromatic rings. The van der Waals surface area contributed by atoms with Crippen LogP contribution in [0.25, 0.3) is 0 Å². The van der Waals surface area contributed by atoms with E-state index in [0.29, 0.717) is 6.61 Å². The van der Waals surface area contributed by atoms with Crippen LogP contribution in [0.5, 0.6) is 0 Å². The Labute approximate surface area is 73.4 Å². The lowest BCUT2D eigenvalue weighted by atomic mass is 10.2. The molecule has 0 aliphatic heterocycles. The normalized spacial score (nSPS) is 11.7. The van der Waals surface area contributed by atoms with Gasteiger partial charge in [0, 0.05) is 0 Å². The van der Waals surface area contributed by atoms with Gasteiger partial charge in [-0.25, -0.2) is 4.79 Å². The van der Waals surface area contributed by atoms with E-state index in [1.807, 2.05) is 27.7 Å². The van der Waals surface area contributed by atoms with Gasteiger partial charge >= 0.3 is 5.97 Å². The van der Waals surface area contributed by atoms with Crippen molar-refractivity contribution >= 4 is 5.97 Å². The lowest BCUT2D eigenvalue weighted by Crippen LogP contribution is -2.22. The number of hydrogen-bond acceptors (Lipinski definition) is 3. The number of ether oxygens (including phenoxy) is 2. The summed E-state index contributed by atoms with van der Waals surface area (Å²) in [5, 5.41) is 0. The second-order valence-corrected chi connectivity index (χ2v) is 3.29. The van der Waals surface area contributed by atoms with Gasteiger partial charge in [0.05, 0.1) is 18.9 Å². The van der Waals surface area contributed by atoms with Crippen LogP contribution in [0.2, 0.25) is 0 Å². The highest BCUT2D eigenvalue weighted by Gasteiger charge is 2.13. The average Bonchev–Trinajstić information content (AvgIpc) is 1.84. The quantitative estimate of drug-likeness (QED) is 0.370. The van der Waals surface area contributed by atoms with E-state index in [1.165, 1.54) is 12.3 Å². The van der Waals surface area contributed by atoms with Crippen LogP contribution in [0.15, 0.2) is 12.3 Å². The molecule has 0 rings (SSSR count). The van der Waals surface area contributed by atoms with Gasteiger partial charge in [-0.2, -0.15) is 0 Å². The third kappa shape index (κ3) is 7.12. The first-order valence-electron chi connectivity index (χ1n) is 3.97. The van der Waals surface area contributed by atoms with Crippen molar-refractivity contribution in [1.29, 1.82) is 0 Å². The molecule has 0 aliphatic rings. The van der Waals surface area contributed by atoms with Crippen LogP contribution < -0.4 is 0 Å². The fourth-order valence-electron chi connectivity index (χ4n) is 0.536. The Hall–Kier alpha value is -0.990. The summed E-state index contributed by atoms with van der Waals surface area (Å²) < 4.78 is 9.82. The van der Waals surface area contributed by atoms with E-state index in [0.717, 1.165) is 0 Å². The zero-order chi connectivity index (χ0) is 9.61. The predicted octanol–water partition coefficient (Wildman–Crippen LogP) is 1.88. The summed E-state index contributed by atoms with van der Waals surface area (Å²) in [5.41, 5.74) is -0.437. The molecule has 0 unspecified atom stereocenters. The fraction of sp³-hybridized carbons (Fsp3) is 0.667. The van der Waals surface area contributed by atoms with Gasteiger partial charge in [0.15, 0.2) is 0 Å². The van der Waals surface area contributed by atoms with Crippen molar-refractivity contribution in [2.45, 2.75) is 33.3 Å². The summed E-state index contributed by atoms with van der Waals surface area (Å²) in [7, 11) is 0. The Morgan fingerprint density at radius 2 is 2.00 bits per heavy atom. The molecule has 70 valence electrons. The van der Waals surface area contributed by atoms with Gasteiger partial charge in [0.25, 0.3) is 0 Å². The van der Waals surface area contributed by atoms with Crippen LogP contribution in [-0.2, 0) is 14.3 Å². The van der Waals surface area contributed by atoms with Crippen LogP contribution in [-0.4, -0.2) is 18.2 Å². The molecule has 0 saturated carbocycles. The minimum Gasteiger partial charge on any atom is -0.501 e. The lowest BCUT2D eigenvalue weighted by molar-refractivity contribution is -0.148. The molecule has 3 heteroatoms. The molecule has 0 fully saturated rings. The molecular weight excluding hydrogens is 156 g/mol. The third-order valence-corrected chi connectivity index (χ3v) is 0.874. The average molecular weight is 172 g/mol. The maximum absolute atomic E-state index is 10.9. The van der Waals surface area contributed by atoms with Crippen molar-refractivity contribution in [2.24, 2.45) is 0 Å². The van der Waals surface area contributed by atoms with E-state index < -0.39 is 5.60 Å². The van der Waals surface area contributed by atoms with Crippen LogP contribution in [0.1, 0.15) is 27.7 Å². The Morgan fingerprint density at radius 3 is 2.42 bits per heavy atom. The van der Waals surface area contributed by atoms with Crippen LogP contribution in [0, 0.1) is 0 Å². The minimum atomic E-state index is -0.437. The first-order chi connectivity index (χ1) is 5.45. The predicted molar refractivity (Wildman–Crippen MR) is 46.6 cm³/mol. The molecule has 3 nitrogen and oxygen atoms in total. The Balaban J connectivity index is 3.75. The van der Waals surface area contributed by atoms with Crippen molar-refractivity contribution in [2.75, 3.05) is 6.61 Å². The second-order valence-electron chi connectivity index (χ2n) is 3.29. The molecule has 0 amide bonds. The molecular formula is C9H16O3. The number of carbonyl (C=O) groups is 1. The first kappa shape index (κ1) is 11.0. The lowest BCUT2D eigenvalue weighted by Gasteiger charge is -2.17. The number of rotatable bonds is 3. The maximum atomic E-state index is 10.9. The number of carbonyl (C=O) groups excluding carboxylic acids is 1. The molecule has 0 aliphatic carbocycles. The van der Waals surface area contributed by atoms with E-state index in [1.54, 1.807) is 0 Å². The number of hydrogen-bond donors (Lipinski definition) is 0. The van der Waals surface area contributed by atoms with Gasteiger partial charge in [0.2, 0.25) is 0 Å². The molecule has 0 N–H and O–H groups in total. The Morgan fingerprint density at radius 1 is 1.42 bits per heavy atom. The van der Waals surface area contributed by atoms with Crippen molar-refractivity contribution in [3.05, 3.63) is 12.3 Å². The van der Waals surface area contributed by atoms with Gasteiger partial charge in [-0.3, -0.25) is 0 Å². The summed E-state index contributed by atoms with van der Waals surface area (Å²) in [5.74, 6) is -0.379. The second kappa shape index (κ2) is 4.80. The van der Waals surface area contributed by atoms with Crippen molar-refractivity contribution in [3.8, 4) is 0 Å². The van der Waals surface area contributed by atoms with E-state index >= 15 is 0 Å². The van der Waals surface area contributed by atoms with Gasteiger partial charge in [-0.15, -0.1) is 0 Å². The van der Waals surface area contributed by atoms with E-state index in [4.69, 9.17) is 9.47 Å².